The van der Waals surface area contributed by atoms with Crippen molar-refractivity contribution in [1.82, 2.24) is 14.5 Å². The molecule has 20 heavy (non-hydrogen) atoms. The zero-order valence-corrected chi connectivity index (χ0v) is 13.0. The lowest BCUT2D eigenvalue weighted by Gasteiger charge is -2.07. The first-order valence-electron chi connectivity index (χ1n) is 6.36. The molecule has 1 aromatic heterocycles. The second-order valence-electron chi connectivity index (χ2n) is 4.91. The Bertz CT molecular complexity index is 716. The third-order valence-corrected chi connectivity index (χ3v) is 4.85. The molecule has 0 bridgehead atoms. The van der Waals surface area contributed by atoms with E-state index in [-0.39, 0.29) is 11.4 Å². The smallest absolute Gasteiger partial charge is 0.240 e. The van der Waals surface area contributed by atoms with E-state index in [9.17, 15) is 8.42 Å². The lowest BCUT2D eigenvalue weighted by Crippen LogP contribution is -2.23. The van der Waals surface area contributed by atoms with E-state index >= 15 is 0 Å². The van der Waals surface area contributed by atoms with Gasteiger partial charge in [0.05, 0.1) is 10.6 Å². The van der Waals surface area contributed by atoms with Crippen LogP contribution in [0.15, 0.2) is 29.2 Å². The summed E-state index contributed by atoms with van der Waals surface area (Å²) in [6.45, 7) is 5.98. The fourth-order valence-corrected chi connectivity index (χ4v) is 3.04. The quantitative estimate of drug-likeness (QED) is 0.935. The Labute approximate surface area is 119 Å². The molecule has 1 aromatic carbocycles. The second-order valence-corrected chi connectivity index (χ2v) is 6.68. The number of aromatic nitrogens is 2. The molecule has 0 saturated heterocycles. The second kappa shape index (κ2) is 5.38. The van der Waals surface area contributed by atoms with Crippen molar-refractivity contribution >= 4 is 10.0 Å². The van der Waals surface area contributed by atoms with Gasteiger partial charge in [0.2, 0.25) is 10.0 Å². The van der Waals surface area contributed by atoms with Gasteiger partial charge in [0.15, 0.2) is 0 Å². The van der Waals surface area contributed by atoms with E-state index in [1.165, 1.54) is 0 Å². The Morgan fingerprint density at radius 1 is 1.15 bits per heavy atom. The molecule has 2 rings (SSSR count). The topological polar surface area (TPSA) is 64.0 Å². The summed E-state index contributed by atoms with van der Waals surface area (Å²) in [5, 5.41) is 4.28. The van der Waals surface area contributed by atoms with Crippen LogP contribution in [-0.2, 0) is 23.6 Å². The van der Waals surface area contributed by atoms with Gasteiger partial charge in [-0.05, 0) is 32.9 Å². The minimum atomic E-state index is -3.49. The maximum Gasteiger partial charge on any atom is 0.240 e. The molecule has 2 aromatic rings. The number of hydrogen-bond donors (Lipinski definition) is 1. The first-order chi connectivity index (χ1) is 9.31. The fraction of sp³-hybridized carbons (Fsp3) is 0.357. The minimum absolute atomic E-state index is 0.252. The van der Waals surface area contributed by atoms with E-state index in [0.717, 1.165) is 22.5 Å². The zero-order valence-electron chi connectivity index (χ0n) is 12.1. The molecule has 6 heteroatoms. The van der Waals surface area contributed by atoms with Gasteiger partial charge in [0, 0.05) is 24.8 Å². The van der Waals surface area contributed by atoms with Gasteiger partial charge in [-0.25, -0.2) is 13.1 Å². The van der Waals surface area contributed by atoms with Crippen molar-refractivity contribution < 1.29 is 8.42 Å². The van der Waals surface area contributed by atoms with Crippen LogP contribution in [0.1, 0.15) is 22.5 Å². The van der Waals surface area contributed by atoms with E-state index in [1.54, 1.807) is 28.9 Å². The molecule has 0 atom stereocenters. The van der Waals surface area contributed by atoms with Crippen LogP contribution < -0.4 is 4.72 Å². The van der Waals surface area contributed by atoms with Gasteiger partial charge >= 0.3 is 0 Å². The predicted molar refractivity (Wildman–Crippen MR) is 77.9 cm³/mol. The summed E-state index contributed by atoms with van der Waals surface area (Å²) >= 11 is 0. The number of hydrogen-bond acceptors (Lipinski definition) is 3. The van der Waals surface area contributed by atoms with Crippen molar-refractivity contribution in [3.05, 3.63) is 46.8 Å². The van der Waals surface area contributed by atoms with Crippen LogP contribution in [0.4, 0.5) is 0 Å². The minimum Gasteiger partial charge on any atom is -0.272 e. The van der Waals surface area contributed by atoms with E-state index in [0.29, 0.717) is 0 Å². The molecule has 1 N–H and O–H groups in total. The van der Waals surface area contributed by atoms with Gasteiger partial charge < -0.3 is 0 Å². The van der Waals surface area contributed by atoms with Gasteiger partial charge in [0.1, 0.15) is 0 Å². The van der Waals surface area contributed by atoms with Crippen molar-refractivity contribution in [2.45, 2.75) is 32.2 Å². The Kier molecular flexibility index (Phi) is 3.96. The van der Waals surface area contributed by atoms with Gasteiger partial charge in [-0.1, -0.05) is 17.7 Å². The van der Waals surface area contributed by atoms with E-state index < -0.39 is 10.0 Å². The molecule has 5 nitrogen and oxygen atoms in total. The van der Waals surface area contributed by atoms with Crippen LogP contribution in [0.5, 0.6) is 0 Å². The molecule has 1 heterocycles. The van der Waals surface area contributed by atoms with Gasteiger partial charge in [-0.3, -0.25) is 4.68 Å². The Morgan fingerprint density at radius 2 is 1.75 bits per heavy atom. The Balaban J connectivity index is 2.19. The van der Waals surface area contributed by atoms with Crippen LogP contribution in [0.25, 0.3) is 0 Å². The highest BCUT2D eigenvalue weighted by Gasteiger charge is 2.16. The third-order valence-electron chi connectivity index (χ3n) is 3.43. The highest BCUT2D eigenvalue weighted by atomic mass is 32.2. The van der Waals surface area contributed by atoms with Crippen molar-refractivity contribution in [2.75, 3.05) is 0 Å². The highest BCUT2D eigenvalue weighted by Crippen LogP contribution is 2.14. The highest BCUT2D eigenvalue weighted by molar-refractivity contribution is 7.89. The van der Waals surface area contributed by atoms with Crippen LogP contribution in [0.3, 0.4) is 0 Å². The molecule has 108 valence electrons. The van der Waals surface area contributed by atoms with Gasteiger partial charge in [-0.15, -0.1) is 0 Å². The number of nitrogens with zero attached hydrogens (tertiary/aromatic N) is 2. The van der Waals surface area contributed by atoms with Crippen LogP contribution in [0.2, 0.25) is 0 Å². The van der Waals surface area contributed by atoms with Crippen LogP contribution in [0, 0.1) is 20.8 Å². The van der Waals surface area contributed by atoms with Crippen molar-refractivity contribution in [1.29, 1.82) is 0 Å². The lowest BCUT2D eigenvalue weighted by atomic mass is 10.2. The summed E-state index contributed by atoms with van der Waals surface area (Å²) < 4.78 is 28.8. The fourth-order valence-electron chi connectivity index (χ4n) is 2.04. The lowest BCUT2D eigenvalue weighted by molar-refractivity contribution is 0.581. The molecular weight excluding hydrogens is 274 g/mol. The number of benzene rings is 1. The molecule has 0 radical (unpaired) electrons. The molecule has 0 saturated carbocycles. The summed E-state index contributed by atoms with van der Waals surface area (Å²) in [5.41, 5.74) is 3.76. The average molecular weight is 293 g/mol. The summed E-state index contributed by atoms with van der Waals surface area (Å²) in [6.07, 6.45) is 0. The molecule has 0 spiro atoms. The molecule has 0 amide bonds. The predicted octanol–water partition coefficient (Wildman–Crippen LogP) is 1.82. The molecule has 0 unspecified atom stereocenters. The summed E-state index contributed by atoms with van der Waals surface area (Å²) in [4.78, 5) is 0.280. The zero-order chi connectivity index (χ0) is 14.9. The molecule has 0 aliphatic heterocycles. The third kappa shape index (κ3) is 2.91. The molecular formula is C14H19N3O2S. The number of sulfonamides is 1. The van der Waals surface area contributed by atoms with Crippen molar-refractivity contribution in [3.8, 4) is 0 Å². The number of rotatable bonds is 4. The van der Waals surface area contributed by atoms with Crippen molar-refractivity contribution in [2.24, 2.45) is 7.05 Å². The molecule has 0 fully saturated rings. The van der Waals surface area contributed by atoms with Gasteiger partial charge in [-0.2, -0.15) is 5.10 Å². The van der Waals surface area contributed by atoms with Gasteiger partial charge in [0.25, 0.3) is 0 Å². The maximum absolute atomic E-state index is 12.2. The van der Waals surface area contributed by atoms with E-state index in [2.05, 4.69) is 9.82 Å². The van der Waals surface area contributed by atoms with Crippen LogP contribution in [-0.4, -0.2) is 18.2 Å². The average Bonchev–Trinajstić information content (AvgIpc) is 2.62. The maximum atomic E-state index is 12.2. The summed E-state index contributed by atoms with van der Waals surface area (Å²) in [7, 11) is -1.64. The summed E-state index contributed by atoms with van der Waals surface area (Å²) in [5.74, 6) is 0. The molecule has 0 aliphatic rings. The monoisotopic (exact) mass is 293 g/mol. The van der Waals surface area contributed by atoms with E-state index in [1.807, 2.05) is 27.8 Å². The first-order valence-corrected chi connectivity index (χ1v) is 7.85. The standard InChI is InChI=1S/C14H19N3O2S/c1-10-5-7-13(8-6-10)20(18,19)15-9-14-11(2)16-17(4)12(14)3/h5-8,15H,9H2,1-4H3. The van der Waals surface area contributed by atoms with Crippen molar-refractivity contribution in [3.63, 3.8) is 0 Å². The molecule has 0 aliphatic carbocycles. The first kappa shape index (κ1) is 14.7. The van der Waals surface area contributed by atoms with Crippen LogP contribution >= 0.6 is 0 Å². The Hall–Kier alpha value is -1.66. The normalized spacial score (nSPS) is 11.8. The largest absolute Gasteiger partial charge is 0.272 e. The number of aryl methyl sites for hydroxylation is 3. The summed E-state index contributed by atoms with van der Waals surface area (Å²) in [6, 6.07) is 6.80. The SMILES string of the molecule is Cc1ccc(S(=O)(=O)NCc2c(C)nn(C)c2C)cc1. The Morgan fingerprint density at radius 3 is 2.25 bits per heavy atom. The number of nitrogens with one attached hydrogen (secondary N) is 1. The van der Waals surface area contributed by atoms with E-state index in [4.69, 9.17) is 0 Å².